The molecule has 0 bridgehead atoms. The molecule has 198 valence electrons. The van der Waals surface area contributed by atoms with E-state index in [9.17, 15) is 4.79 Å². The van der Waals surface area contributed by atoms with Crippen molar-refractivity contribution in [3.63, 3.8) is 0 Å². The second-order valence-corrected chi connectivity index (χ2v) is 9.37. The third kappa shape index (κ3) is 4.98. The van der Waals surface area contributed by atoms with Crippen molar-refractivity contribution in [3.05, 3.63) is 66.4 Å². The molecule has 6 rings (SSSR count). The van der Waals surface area contributed by atoms with Gasteiger partial charge in [-0.15, -0.1) is 0 Å². The highest BCUT2D eigenvalue weighted by Crippen LogP contribution is 2.30. The van der Waals surface area contributed by atoms with Crippen LogP contribution in [0.3, 0.4) is 0 Å². The molecule has 0 radical (unpaired) electrons. The number of hydrogen-bond acceptors (Lipinski definition) is 9. The summed E-state index contributed by atoms with van der Waals surface area (Å²) in [5, 5.41) is 10.5. The monoisotopic (exact) mass is 524 g/mol. The SMILES string of the molecule is CCn1c(-c2nonc2N)nc2cnc(Oc3cccc(NC(=O)c4ccc(N5CCCCC5)cc4)c3)cc21. The van der Waals surface area contributed by atoms with Crippen LogP contribution in [-0.2, 0) is 6.54 Å². The molecule has 3 N–H and O–H groups in total. The molecule has 1 fully saturated rings. The Kier molecular flexibility index (Phi) is 6.54. The van der Waals surface area contributed by atoms with Crippen molar-refractivity contribution >= 4 is 34.1 Å². The maximum absolute atomic E-state index is 12.9. The smallest absolute Gasteiger partial charge is 0.255 e. The van der Waals surface area contributed by atoms with E-state index in [4.69, 9.17) is 15.1 Å². The standard InChI is InChI=1S/C28H28N8O3/c1-2-36-23-16-24(30-17-22(23)32-27(36)25-26(29)34-39-33-25)38-21-8-6-7-19(15-21)31-28(37)18-9-11-20(12-10-18)35-13-4-3-5-14-35/h6-12,15-17H,2-5,13-14H2,1H3,(H2,29,34)(H,31,37). The van der Waals surface area contributed by atoms with Crippen molar-refractivity contribution in [2.24, 2.45) is 0 Å². The van der Waals surface area contributed by atoms with Gasteiger partial charge in [0.15, 0.2) is 17.3 Å². The molecule has 1 saturated heterocycles. The summed E-state index contributed by atoms with van der Waals surface area (Å²) in [6.45, 7) is 4.73. The lowest BCUT2D eigenvalue weighted by Gasteiger charge is -2.28. The number of benzene rings is 2. The molecule has 0 saturated carbocycles. The first kappa shape index (κ1) is 24.4. The van der Waals surface area contributed by atoms with Crippen molar-refractivity contribution < 1.29 is 14.2 Å². The summed E-state index contributed by atoms with van der Waals surface area (Å²) in [5.74, 6) is 1.44. The van der Waals surface area contributed by atoms with Gasteiger partial charge in [0, 0.05) is 48.7 Å². The molecule has 11 nitrogen and oxygen atoms in total. The predicted molar refractivity (Wildman–Crippen MR) is 148 cm³/mol. The van der Waals surface area contributed by atoms with Gasteiger partial charge in [0.05, 0.1) is 11.7 Å². The van der Waals surface area contributed by atoms with Gasteiger partial charge in [0.2, 0.25) is 5.88 Å². The van der Waals surface area contributed by atoms with Crippen LogP contribution in [0.25, 0.3) is 22.6 Å². The molecule has 0 unspecified atom stereocenters. The van der Waals surface area contributed by atoms with Crippen LogP contribution in [0, 0.1) is 0 Å². The van der Waals surface area contributed by atoms with Crippen LogP contribution in [0.4, 0.5) is 17.2 Å². The highest BCUT2D eigenvalue weighted by molar-refractivity contribution is 6.04. The zero-order valence-corrected chi connectivity index (χ0v) is 21.5. The van der Waals surface area contributed by atoms with E-state index >= 15 is 0 Å². The van der Waals surface area contributed by atoms with E-state index < -0.39 is 0 Å². The van der Waals surface area contributed by atoms with E-state index in [1.165, 1.54) is 19.3 Å². The number of rotatable bonds is 7. The summed E-state index contributed by atoms with van der Waals surface area (Å²) >= 11 is 0. The van der Waals surface area contributed by atoms with E-state index in [0.29, 0.717) is 46.5 Å². The summed E-state index contributed by atoms with van der Waals surface area (Å²) < 4.78 is 12.7. The van der Waals surface area contributed by atoms with Crippen LogP contribution in [-0.4, -0.2) is 43.8 Å². The molecule has 1 aliphatic heterocycles. The van der Waals surface area contributed by atoms with E-state index in [1.54, 1.807) is 24.4 Å². The lowest BCUT2D eigenvalue weighted by Crippen LogP contribution is -2.29. The van der Waals surface area contributed by atoms with Crippen LogP contribution in [0.2, 0.25) is 0 Å². The summed E-state index contributed by atoms with van der Waals surface area (Å²) in [6.07, 6.45) is 5.33. The maximum Gasteiger partial charge on any atom is 0.255 e. The number of fused-ring (bicyclic) bond motifs is 1. The number of piperidine rings is 1. The number of ether oxygens (including phenoxy) is 1. The summed E-state index contributed by atoms with van der Waals surface area (Å²) in [6, 6.07) is 16.8. The molecule has 1 amide bonds. The van der Waals surface area contributed by atoms with Crippen LogP contribution < -0.4 is 20.7 Å². The number of carbonyl (C=O) groups excluding carboxylic acids is 1. The highest BCUT2D eigenvalue weighted by atomic mass is 16.6. The predicted octanol–water partition coefficient (Wildman–Crippen LogP) is 5.12. The number of hydrogen-bond donors (Lipinski definition) is 2. The maximum atomic E-state index is 12.9. The zero-order valence-electron chi connectivity index (χ0n) is 21.5. The first-order valence-corrected chi connectivity index (χ1v) is 13.0. The van der Waals surface area contributed by atoms with E-state index in [-0.39, 0.29) is 11.7 Å². The molecular weight excluding hydrogens is 496 g/mol. The zero-order chi connectivity index (χ0) is 26.8. The molecule has 1 aliphatic rings. The third-order valence-electron chi connectivity index (χ3n) is 6.82. The van der Waals surface area contributed by atoms with Gasteiger partial charge >= 0.3 is 0 Å². The summed E-state index contributed by atoms with van der Waals surface area (Å²) in [4.78, 5) is 24.3. The van der Waals surface area contributed by atoms with E-state index in [0.717, 1.165) is 24.3 Å². The van der Waals surface area contributed by atoms with Crippen LogP contribution >= 0.6 is 0 Å². The minimum atomic E-state index is -0.183. The van der Waals surface area contributed by atoms with E-state index in [1.807, 2.05) is 47.9 Å². The Labute approximate surface area is 224 Å². The lowest BCUT2D eigenvalue weighted by atomic mass is 10.1. The van der Waals surface area contributed by atoms with Crippen LogP contribution in [0.1, 0.15) is 36.5 Å². The number of carbonyl (C=O) groups is 1. The number of imidazole rings is 1. The average Bonchev–Trinajstić information content (AvgIpc) is 3.56. The molecule has 5 aromatic rings. The fraction of sp³-hybridized carbons (Fsp3) is 0.250. The second kappa shape index (κ2) is 10.4. The quantitative estimate of drug-likeness (QED) is 0.297. The van der Waals surface area contributed by atoms with Crippen molar-refractivity contribution in [1.82, 2.24) is 24.8 Å². The topological polar surface area (TPSA) is 137 Å². The van der Waals surface area contributed by atoms with Crippen LogP contribution in [0.5, 0.6) is 11.6 Å². The highest BCUT2D eigenvalue weighted by Gasteiger charge is 2.19. The van der Waals surface area contributed by atoms with Crippen molar-refractivity contribution in [2.45, 2.75) is 32.7 Å². The molecule has 11 heteroatoms. The van der Waals surface area contributed by atoms with Gasteiger partial charge in [0.25, 0.3) is 5.91 Å². The van der Waals surface area contributed by atoms with Gasteiger partial charge in [-0.05, 0) is 72.9 Å². The van der Waals surface area contributed by atoms with Crippen molar-refractivity contribution in [2.75, 3.05) is 29.0 Å². The number of aryl methyl sites for hydroxylation is 1. The molecule has 0 aliphatic carbocycles. The Morgan fingerprint density at radius 1 is 1.08 bits per heavy atom. The first-order chi connectivity index (χ1) is 19.1. The van der Waals surface area contributed by atoms with E-state index in [2.05, 4.69) is 30.5 Å². The number of nitrogen functional groups attached to an aromatic ring is 1. The number of nitrogens with zero attached hydrogens (tertiary/aromatic N) is 6. The average molecular weight is 525 g/mol. The second-order valence-electron chi connectivity index (χ2n) is 9.37. The normalized spacial score (nSPS) is 13.5. The van der Waals surface area contributed by atoms with Gasteiger partial charge in [-0.3, -0.25) is 4.79 Å². The Morgan fingerprint density at radius 2 is 1.90 bits per heavy atom. The number of amides is 1. The molecule has 0 atom stereocenters. The van der Waals surface area contributed by atoms with Crippen molar-refractivity contribution in [3.8, 4) is 23.1 Å². The first-order valence-electron chi connectivity index (χ1n) is 13.0. The largest absolute Gasteiger partial charge is 0.439 e. The Bertz CT molecular complexity index is 1620. The number of aromatic nitrogens is 5. The fourth-order valence-corrected chi connectivity index (χ4v) is 4.85. The van der Waals surface area contributed by atoms with Crippen molar-refractivity contribution in [1.29, 1.82) is 0 Å². The molecule has 39 heavy (non-hydrogen) atoms. The number of anilines is 3. The molecule has 0 spiro atoms. The summed E-state index contributed by atoms with van der Waals surface area (Å²) in [5.41, 5.74) is 10.1. The lowest BCUT2D eigenvalue weighted by molar-refractivity contribution is 0.102. The molecule has 4 heterocycles. The van der Waals surface area contributed by atoms with Crippen LogP contribution in [0.15, 0.2) is 65.4 Å². The minimum absolute atomic E-state index is 0.168. The van der Waals surface area contributed by atoms with Gasteiger partial charge in [0.1, 0.15) is 11.3 Å². The van der Waals surface area contributed by atoms with Gasteiger partial charge < -0.3 is 25.3 Å². The number of nitrogens with two attached hydrogens (primary N) is 1. The molecule has 3 aromatic heterocycles. The Hall–Kier alpha value is -4.93. The number of nitrogens with one attached hydrogen (secondary N) is 1. The van der Waals surface area contributed by atoms with Gasteiger partial charge in [-0.2, -0.15) is 0 Å². The molecular formula is C28H28N8O3. The van der Waals surface area contributed by atoms with Gasteiger partial charge in [-0.1, -0.05) is 6.07 Å². The Balaban J connectivity index is 1.17. The van der Waals surface area contributed by atoms with Gasteiger partial charge in [-0.25, -0.2) is 14.6 Å². The minimum Gasteiger partial charge on any atom is -0.439 e. The Morgan fingerprint density at radius 3 is 2.64 bits per heavy atom. The molecule has 2 aromatic carbocycles. The summed E-state index contributed by atoms with van der Waals surface area (Å²) in [7, 11) is 0. The fourth-order valence-electron chi connectivity index (χ4n) is 4.85. The third-order valence-corrected chi connectivity index (χ3v) is 6.82. The number of pyridine rings is 1.